The molecule has 0 aliphatic heterocycles. The van der Waals surface area contributed by atoms with Gasteiger partial charge in [-0.2, -0.15) is 0 Å². The molecule has 5 heteroatoms. The molecule has 5 nitrogen and oxygen atoms in total. The average molecular weight is 255 g/mol. The highest BCUT2D eigenvalue weighted by atomic mass is 16.3. The Morgan fingerprint density at radius 2 is 2.16 bits per heavy atom. The van der Waals surface area contributed by atoms with E-state index in [9.17, 15) is 4.79 Å². The van der Waals surface area contributed by atoms with Gasteiger partial charge in [0.05, 0.1) is 23.3 Å². The molecule has 2 N–H and O–H groups in total. The van der Waals surface area contributed by atoms with Gasteiger partial charge in [0.2, 0.25) is 0 Å². The third-order valence-corrected chi connectivity index (χ3v) is 2.91. The Balaban J connectivity index is 1.80. The van der Waals surface area contributed by atoms with E-state index in [1.807, 2.05) is 31.2 Å². The van der Waals surface area contributed by atoms with Crippen molar-refractivity contribution in [3.63, 3.8) is 0 Å². The summed E-state index contributed by atoms with van der Waals surface area (Å²) in [6.45, 7) is 1.87. The molecule has 1 amide bonds. The van der Waals surface area contributed by atoms with Gasteiger partial charge in [-0.15, -0.1) is 0 Å². The lowest BCUT2D eigenvalue weighted by Gasteiger charge is -2.09. The molecule has 96 valence electrons. The molecular weight excluding hydrogens is 242 g/mol. The van der Waals surface area contributed by atoms with E-state index in [4.69, 9.17) is 4.42 Å². The summed E-state index contributed by atoms with van der Waals surface area (Å²) >= 11 is 0. The Morgan fingerprint density at radius 1 is 1.32 bits per heavy atom. The number of H-pyrrole nitrogens is 1. The molecule has 1 atom stereocenters. The second-order valence-corrected chi connectivity index (χ2v) is 4.31. The van der Waals surface area contributed by atoms with Gasteiger partial charge in [-0.1, -0.05) is 12.1 Å². The lowest BCUT2D eigenvalue weighted by Crippen LogP contribution is -2.26. The number of hydrogen-bond acceptors (Lipinski definition) is 3. The lowest BCUT2D eigenvalue weighted by atomic mass is 10.3. The number of carbonyl (C=O) groups is 1. The number of aromatic amines is 1. The van der Waals surface area contributed by atoms with E-state index in [0.717, 1.165) is 16.9 Å². The van der Waals surface area contributed by atoms with E-state index in [1.165, 1.54) is 6.26 Å². The predicted octanol–water partition coefficient (Wildman–Crippen LogP) is 2.65. The summed E-state index contributed by atoms with van der Waals surface area (Å²) in [5, 5.41) is 2.83. The zero-order valence-electron chi connectivity index (χ0n) is 10.4. The van der Waals surface area contributed by atoms with Crippen molar-refractivity contribution in [2.75, 3.05) is 0 Å². The topological polar surface area (TPSA) is 70.9 Å². The van der Waals surface area contributed by atoms with Crippen molar-refractivity contribution in [2.45, 2.75) is 13.0 Å². The number of nitrogens with zero attached hydrogens (tertiary/aromatic N) is 1. The van der Waals surface area contributed by atoms with E-state index >= 15 is 0 Å². The largest absolute Gasteiger partial charge is 0.459 e. The van der Waals surface area contributed by atoms with Gasteiger partial charge in [0.25, 0.3) is 5.91 Å². The molecule has 0 saturated heterocycles. The number of carbonyl (C=O) groups excluding carboxylic acids is 1. The summed E-state index contributed by atoms with van der Waals surface area (Å²) < 4.78 is 5.05. The highest BCUT2D eigenvalue weighted by Gasteiger charge is 2.16. The third kappa shape index (κ3) is 2.22. The fourth-order valence-electron chi connectivity index (χ4n) is 1.92. The first-order valence-electron chi connectivity index (χ1n) is 6.03. The van der Waals surface area contributed by atoms with Crippen molar-refractivity contribution in [3.05, 3.63) is 54.2 Å². The van der Waals surface area contributed by atoms with Gasteiger partial charge >= 0.3 is 0 Å². The van der Waals surface area contributed by atoms with E-state index in [1.54, 1.807) is 12.1 Å². The van der Waals surface area contributed by atoms with E-state index in [2.05, 4.69) is 15.3 Å². The predicted molar refractivity (Wildman–Crippen MR) is 70.7 cm³/mol. The zero-order valence-corrected chi connectivity index (χ0v) is 10.4. The summed E-state index contributed by atoms with van der Waals surface area (Å²) in [5.74, 6) is 0.766. The number of amides is 1. The highest BCUT2D eigenvalue weighted by Crippen LogP contribution is 2.16. The molecule has 0 saturated carbocycles. The van der Waals surface area contributed by atoms with E-state index < -0.39 is 0 Å². The summed E-state index contributed by atoms with van der Waals surface area (Å²) in [7, 11) is 0. The molecule has 0 fully saturated rings. The molecule has 0 radical (unpaired) electrons. The fourth-order valence-corrected chi connectivity index (χ4v) is 1.92. The van der Waals surface area contributed by atoms with Crippen LogP contribution >= 0.6 is 0 Å². The minimum absolute atomic E-state index is 0.218. The second-order valence-electron chi connectivity index (χ2n) is 4.31. The Hall–Kier alpha value is -2.56. The molecule has 0 spiro atoms. The maximum atomic E-state index is 11.9. The molecule has 1 unspecified atom stereocenters. The van der Waals surface area contributed by atoms with Crippen LogP contribution in [0.15, 0.2) is 47.1 Å². The Kier molecular flexibility index (Phi) is 2.79. The maximum absolute atomic E-state index is 11.9. The normalized spacial score (nSPS) is 12.5. The standard InChI is InChI=1S/C14H13N3O2/c1-9(15-14(18)12-7-4-8-19-12)13-16-10-5-2-3-6-11(10)17-13/h2-9H,1H3,(H,15,18)(H,16,17). The third-order valence-electron chi connectivity index (χ3n) is 2.91. The van der Waals surface area contributed by atoms with Crippen LogP contribution in [-0.2, 0) is 0 Å². The van der Waals surface area contributed by atoms with Crippen LogP contribution in [0.3, 0.4) is 0 Å². The minimum Gasteiger partial charge on any atom is -0.459 e. The Morgan fingerprint density at radius 3 is 2.89 bits per heavy atom. The fraction of sp³-hybridized carbons (Fsp3) is 0.143. The molecule has 0 bridgehead atoms. The van der Waals surface area contributed by atoms with Crippen LogP contribution in [0.2, 0.25) is 0 Å². The van der Waals surface area contributed by atoms with Crippen molar-refractivity contribution >= 4 is 16.9 Å². The van der Waals surface area contributed by atoms with Crippen LogP contribution in [0, 0.1) is 0 Å². The number of rotatable bonds is 3. The number of nitrogens with one attached hydrogen (secondary N) is 2. The molecule has 2 aromatic heterocycles. The number of benzene rings is 1. The van der Waals surface area contributed by atoms with E-state index in [0.29, 0.717) is 5.76 Å². The summed E-state index contributed by atoms with van der Waals surface area (Å²) in [6.07, 6.45) is 1.47. The summed E-state index contributed by atoms with van der Waals surface area (Å²) in [5.41, 5.74) is 1.84. The number of aromatic nitrogens is 2. The van der Waals surface area contributed by atoms with Gasteiger partial charge in [0, 0.05) is 0 Å². The first kappa shape index (κ1) is 11.5. The molecule has 19 heavy (non-hydrogen) atoms. The summed E-state index contributed by atoms with van der Waals surface area (Å²) in [6, 6.07) is 10.8. The van der Waals surface area contributed by atoms with Gasteiger partial charge in [0.15, 0.2) is 5.76 Å². The van der Waals surface area contributed by atoms with Crippen LogP contribution in [-0.4, -0.2) is 15.9 Å². The van der Waals surface area contributed by atoms with Crippen molar-refractivity contribution < 1.29 is 9.21 Å². The monoisotopic (exact) mass is 255 g/mol. The van der Waals surface area contributed by atoms with Crippen LogP contribution in [0.5, 0.6) is 0 Å². The molecular formula is C14H13N3O2. The highest BCUT2D eigenvalue weighted by molar-refractivity contribution is 5.91. The average Bonchev–Trinajstić information content (AvgIpc) is 3.07. The van der Waals surface area contributed by atoms with Gasteiger partial charge in [-0.25, -0.2) is 4.98 Å². The first-order valence-corrected chi connectivity index (χ1v) is 6.03. The van der Waals surface area contributed by atoms with Gasteiger partial charge < -0.3 is 14.7 Å². The SMILES string of the molecule is CC(NC(=O)c1ccco1)c1nc2ccccc2[nH]1. The molecule has 0 aliphatic rings. The number of fused-ring (bicyclic) bond motifs is 1. The molecule has 2 heterocycles. The first-order chi connectivity index (χ1) is 9.24. The quantitative estimate of drug-likeness (QED) is 0.755. The minimum atomic E-state index is -0.252. The molecule has 3 aromatic rings. The molecule has 0 aliphatic carbocycles. The van der Waals surface area contributed by atoms with Crippen molar-refractivity contribution in [1.29, 1.82) is 0 Å². The van der Waals surface area contributed by atoms with Crippen LogP contribution < -0.4 is 5.32 Å². The van der Waals surface area contributed by atoms with Gasteiger partial charge in [-0.05, 0) is 31.2 Å². The van der Waals surface area contributed by atoms with Gasteiger partial charge in [0.1, 0.15) is 5.82 Å². The lowest BCUT2D eigenvalue weighted by molar-refractivity contribution is 0.0910. The van der Waals surface area contributed by atoms with Gasteiger partial charge in [-0.3, -0.25) is 4.79 Å². The van der Waals surface area contributed by atoms with Crippen molar-refractivity contribution in [3.8, 4) is 0 Å². The Bertz CT molecular complexity index is 667. The van der Waals surface area contributed by atoms with Crippen LogP contribution in [0.25, 0.3) is 11.0 Å². The maximum Gasteiger partial charge on any atom is 0.287 e. The second kappa shape index (κ2) is 4.61. The number of furan rings is 1. The van der Waals surface area contributed by atoms with Crippen LogP contribution in [0.4, 0.5) is 0 Å². The molecule has 3 rings (SSSR count). The zero-order chi connectivity index (χ0) is 13.2. The number of para-hydroxylation sites is 2. The number of hydrogen-bond donors (Lipinski definition) is 2. The molecule has 1 aromatic carbocycles. The van der Waals surface area contributed by atoms with Crippen molar-refractivity contribution in [1.82, 2.24) is 15.3 Å². The van der Waals surface area contributed by atoms with Crippen LogP contribution in [0.1, 0.15) is 29.3 Å². The smallest absolute Gasteiger partial charge is 0.287 e. The number of imidazole rings is 1. The van der Waals surface area contributed by atoms with Crippen molar-refractivity contribution in [2.24, 2.45) is 0 Å². The summed E-state index contributed by atoms with van der Waals surface area (Å²) in [4.78, 5) is 19.5. The van der Waals surface area contributed by atoms with E-state index in [-0.39, 0.29) is 11.9 Å². The Labute approximate surface area is 109 Å².